The van der Waals surface area contributed by atoms with Gasteiger partial charge in [-0.15, -0.1) is 0 Å². The molecule has 9 heteroatoms. The number of H-pyrrole nitrogens is 1. The number of sulfonamides is 1. The zero-order valence-electron chi connectivity index (χ0n) is 12.7. The topological polar surface area (TPSA) is 104 Å². The molecule has 1 aromatic heterocycles. The van der Waals surface area contributed by atoms with Crippen LogP contribution in [0.25, 0.3) is 0 Å². The molecule has 3 N–H and O–H groups in total. The summed E-state index contributed by atoms with van der Waals surface area (Å²) in [6.07, 6.45) is 1.16. The maximum absolute atomic E-state index is 12.5. The normalized spacial score (nSPS) is 11.1. The second-order valence-corrected chi connectivity index (χ2v) is 7.10. The van der Waals surface area contributed by atoms with E-state index in [0.29, 0.717) is 16.4 Å². The quantitative estimate of drug-likeness (QED) is 0.636. The summed E-state index contributed by atoms with van der Waals surface area (Å²) in [4.78, 5) is 12.4. The number of hydrogen-bond donors (Lipinski definition) is 3. The third kappa shape index (κ3) is 3.98. The van der Waals surface area contributed by atoms with Gasteiger partial charge in [0.1, 0.15) is 0 Å². The molecule has 0 aliphatic carbocycles. The minimum Gasteiger partial charge on any atom is -0.322 e. The molecule has 25 heavy (non-hydrogen) atoms. The zero-order chi connectivity index (χ0) is 17.9. The maximum Gasteiger partial charge on any atom is 0.279 e. The molecule has 0 aliphatic heterocycles. The third-order valence-corrected chi connectivity index (χ3v) is 4.85. The van der Waals surface area contributed by atoms with E-state index >= 15 is 0 Å². The molecule has 3 rings (SSSR count). The second-order valence-electron chi connectivity index (χ2n) is 5.05. The molecule has 0 atom stereocenters. The lowest BCUT2D eigenvalue weighted by molar-refractivity contribution is 0.102. The number of nitrogens with one attached hydrogen (secondary N) is 3. The van der Waals surface area contributed by atoms with Crippen LogP contribution in [0.5, 0.6) is 0 Å². The first-order valence-electron chi connectivity index (χ1n) is 7.14. The highest BCUT2D eigenvalue weighted by Gasteiger charge is 2.25. The van der Waals surface area contributed by atoms with Crippen LogP contribution in [0.1, 0.15) is 10.4 Å². The Morgan fingerprint density at radius 3 is 2.36 bits per heavy atom. The third-order valence-electron chi connectivity index (χ3n) is 3.25. The van der Waals surface area contributed by atoms with Crippen LogP contribution < -0.4 is 10.0 Å². The summed E-state index contributed by atoms with van der Waals surface area (Å²) >= 11 is 5.78. The van der Waals surface area contributed by atoms with Crippen molar-refractivity contribution in [2.24, 2.45) is 0 Å². The molecule has 0 radical (unpaired) electrons. The van der Waals surface area contributed by atoms with Crippen molar-refractivity contribution < 1.29 is 13.2 Å². The highest BCUT2D eigenvalue weighted by molar-refractivity contribution is 7.92. The number of anilines is 2. The molecule has 1 heterocycles. The van der Waals surface area contributed by atoms with Crippen LogP contribution >= 0.6 is 11.6 Å². The lowest BCUT2D eigenvalue weighted by Crippen LogP contribution is -2.19. The number of hydrogen-bond acceptors (Lipinski definition) is 4. The Hall–Kier alpha value is -2.84. The monoisotopic (exact) mass is 376 g/mol. The average Bonchev–Trinajstić information content (AvgIpc) is 3.09. The van der Waals surface area contributed by atoms with Crippen LogP contribution in [0.4, 0.5) is 11.4 Å². The molecule has 0 aliphatic rings. The van der Waals surface area contributed by atoms with E-state index in [0.717, 1.165) is 6.20 Å². The van der Waals surface area contributed by atoms with Gasteiger partial charge in [0.25, 0.3) is 15.9 Å². The summed E-state index contributed by atoms with van der Waals surface area (Å²) in [6, 6.07) is 14.8. The largest absolute Gasteiger partial charge is 0.322 e. The number of benzene rings is 2. The number of nitrogens with zero attached hydrogens (tertiary/aromatic N) is 1. The smallest absolute Gasteiger partial charge is 0.279 e. The van der Waals surface area contributed by atoms with Crippen LogP contribution in [0.2, 0.25) is 5.02 Å². The zero-order valence-corrected chi connectivity index (χ0v) is 14.3. The van der Waals surface area contributed by atoms with E-state index in [1.54, 1.807) is 42.5 Å². The lowest BCUT2D eigenvalue weighted by Gasteiger charge is -2.09. The van der Waals surface area contributed by atoms with E-state index in [1.807, 2.05) is 0 Å². The van der Waals surface area contributed by atoms with E-state index in [-0.39, 0.29) is 10.6 Å². The number of halogens is 1. The Bertz CT molecular complexity index is 986. The van der Waals surface area contributed by atoms with Gasteiger partial charge >= 0.3 is 0 Å². The van der Waals surface area contributed by atoms with Crippen LogP contribution in [0, 0.1) is 0 Å². The molecule has 2 aromatic carbocycles. The van der Waals surface area contributed by atoms with Gasteiger partial charge in [-0.1, -0.05) is 29.8 Å². The number of aromatic amines is 1. The van der Waals surface area contributed by atoms with Crippen molar-refractivity contribution in [3.05, 3.63) is 71.4 Å². The molecule has 0 fully saturated rings. The SMILES string of the molecule is O=C(Nc1ccccc1)c1cn[nH]c1S(=O)(=O)Nc1ccc(Cl)cc1. The van der Waals surface area contributed by atoms with Gasteiger partial charge < -0.3 is 5.32 Å². The van der Waals surface area contributed by atoms with E-state index in [2.05, 4.69) is 20.2 Å². The molecule has 0 saturated carbocycles. The van der Waals surface area contributed by atoms with Crippen molar-refractivity contribution in [3.8, 4) is 0 Å². The van der Waals surface area contributed by atoms with Crippen molar-refractivity contribution in [2.45, 2.75) is 5.03 Å². The van der Waals surface area contributed by atoms with Gasteiger partial charge in [0.2, 0.25) is 0 Å². The van der Waals surface area contributed by atoms with Crippen molar-refractivity contribution >= 4 is 38.9 Å². The number of aromatic nitrogens is 2. The van der Waals surface area contributed by atoms with Gasteiger partial charge in [-0.05, 0) is 36.4 Å². The van der Waals surface area contributed by atoms with Crippen LogP contribution in [-0.4, -0.2) is 24.5 Å². The van der Waals surface area contributed by atoms with E-state index in [9.17, 15) is 13.2 Å². The number of amides is 1. The number of rotatable bonds is 5. The summed E-state index contributed by atoms with van der Waals surface area (Å²) < 4.78 is 27.4. The fourth-order valence-corrected chi connectivity index (χ4v) is 3.37. The lowest BCUT2D eigenvalue weighted by atomic mass is 10.3. The average molecular weight is 377 g/mol. The number of carbonyl (C=O) groups excluding carboxylic acids is 1. The van der Waals surface area contributed by atoms with Gasteiger partial charge in [-0.3, -0.25) is 14.6 Å². The van der Waals surface area contributed by atoms with Crippen LogP contribution in [-0.2, 0) is 10.0 Å². The first-order chi connectivity index (χ1) is 12.0. The van der Waals surface area contributed by atoms with Gasteiger partial charge in [0.15, 0.2) is 5.03 Å². The summed E-state index contributed by atoms with van der Waals surface area (Å²) in [5.74, 6) is -0.587. The summed E-state index contributed by atoms with van der Waals surface area (Å²) in [7, 11) is -4.02. The van der Waals surface area contributed by atoms with Crippen molar-refractivity contribution in [2.75, 3.05) is 10.0 Å². The fraction of sp³-hybridized carbons (Fsp3) is 0. The standard InChI is InChI=1S/C16H13ClN4O3S/c17-11-6-8-13(9-7-11)21-25(23,24)16-14(10-18-20-16)15(22)19-12-4-2-1-3-5-12/h1-10,21H,(H,18,20)(H,19,22). The Morgan fingerprint density at radius 1 is 1.00 bits per heavy atom. The molecule has 0 bridgehead atoms. The second kappa shape index (κ2) is 6.96. The minimum atomic E-state index is -4.02. The van der Waals surface area contributed by atoms with Gasteiger partial charge in [0, 0.05) is 16.4 Å². The van der Waals surface area contributed by atoms with Gasteiger partial charge in [-0.25, -0.2) is 0 Å². The Labute approximate surface area is 149 Å². The van der Waals surface area contributed by atoms with Crippen molar-refractivity contribution in [3.63, 3.8) is 0 Å². The summed E-state index contributed by atoms with van der Waals surface area (Å²) in [5, 5.41) is 8.81. The van der Waals surface area contributed by atoms with Crippen molar-refractivity contribution in [1.29, 1.82) is 0 Å². The molecule has 0 saturated heterocycles. The number of para-hydroxylation sites is 1. The first-order valence-corrected chi connectivity index (χ1v) is 9.00. The Kier molecular flexibility index (Phi) is 4.73. The summed E-state index contributed by atoms with van der Waals surface area (Å²) in [5.41, 5.74) is 0.765. The predicted octanol–water partition coefficient (Wildman–Crippen LogP) is 3.12. The number of carbonyl (C=O) groups is 1. The van der Waals surface area contributed by atoms with E-state index < -0.39 is 15.9 Å². The molecule has 0 unspecified atom stereocenters. The van der Waals surface area contributed by atoms with Crippen LogP contribution in [0.3, 0.4) is 0 Å². The Morgan fingerprint density at radius 2 is 1.68 bits per heavy atom. The molecule has 3 aromatic rings. The molecule has 128 valence electrons. The molecule has 0 spiro atoms. The highest BCUT2D eigenvalue weighted by Crippen LogP contribution is 2.20. The van der Waals surface area contributed by atoms with Crippen LogP contribution in [0.15, 0.2) is 65.8 Å². The molecule has 1 amide bonds. The minimum absolute atomic E-state index is 0.0923. The van der Waals surface area contributed by atoms with E-state index in [4.69, 9.17) is 11.6 Å². The fourth-order valence-electron chi connectivity index (χ4n) is 2.08. The molecular weight excluding hydrogens is 364 g/mol. The van der Waals surface area contributed by atoms with Gasteiger partial charge in [-0.2, -0.15) is 13.5 Å². The van der Waals surface area contributed by atoms with Crippen molar-refractivity contribution in [1.82, 2.24) is 10.2 Å². The summed E-state index contributed by atoms with van der Waals surface area (Å²) in [6.45, 7) is 0. The maximum atomic E-state index is 12.5. The molecule has 7 nitrogen and oxygen atoms in total. The molecular formula is C16H13ClN4O3S. The Balaban J connectivity index is 1.84. The first kappa shape index (κ1) is 17.0. The predicted molar refractivity (Wildman–Crippen MR) is 95.2 cm³/mol. The van der Waals surface area contributed by atoms with Gasteiger partial charge in [0.05, 0.1) is 11.8 Å². The van der Waals surface area contributed by atoms with E-state index in [1.165, 1.54) is 12.1 Å². The highest BCUT2D eigenvalue weighted by atomic mass is 35.5.